The van der Waals surface area contributed by atoms with Crippen LogP contribution >= 0.6 is 0 Å². The topological polar surface area (TPSA) is 56.9 Å². The Morgan fingerprint density at radius 1 is 1.25 bits per heavy atom. The van der Waals surface area contributed by atoms with Gasteiger partial charge in [0.2, 0.25) is 0 Å². The molecule has 0 saturated carbocycles. The van der Waals surface area contributed by atoms with Crippen molar-refractivity contribution in [3.63, 3.8) is 0 Å². The highest BCUT2D eigenvalue weighted by atomic mass is 16.3. The molecule has 0 spiro atoms. The van der Waals surface area contributed by atoms with Gasteiger partial charge in [-0.3, -0.25) is 4.79 Å². The number of rotatable bonds is 5. The molecule has 1 aromatic carbocycles. The summed E-state index contributed by atoms with van der Waals surface area (Å²) < 4.78 is 5.07. The second kappa shape index (κ2) is 7.53. The monoisotopic (exact) mass is 328 g/mol. The minimum atomic E-state index is -0.178. The van der Waals surface area contributed by atoms with E-state index in [2.05, 4.69) is 4.90 Å². The van der Waals surface area contributed by atoms with E-state index >= 15 is 0 Å². The Bertz CT molecular complexity index is 644. The molecule has 1 fully saturated rings. The Kier molecular flexibility index (Phi) is 5.20. The highest BCUT2D eigenvalue weighted by Crippen LogP contribution is 2.21. The van der Waals surface area contributed by atoms with Crippen LogP contribution in [0.3, 0.4) is 0 Å². The summed E-state index contributed by atoms with van der Waals surface area (Å²) in [5.74, 6) is 0.0271. The van der Waals surface area contributed by atoms with Crippen LogP contribution in [0.15, 0.2) is 47.3 Å². The highest BCUT2D eigenvalue weighted by Gasteiger charge is 2.19. The van der Waals surface area contributed by atoms with E-state index in [4.69, 9.17) is 4.42 Å². The first-order valence-corrected chi connectivity index (χ1v) is 8.51. The molecule has 5 nitrogen and oxygen atoms in total. The van der Waals surface area contributed by atoms with Gasteiger partial charge in [-0.15, -0.1) is 0 Å². The van der Waals surface area contributed by atoms with Crippen molar-refractivity contribution in [2.45, 2.75) is 32.4 Å². The van der Waals surface area contributed by atoms with Crippen molar-refractivity contribution in [1.29, 1.82) is 0 Å². The second-order valence-electron chi connectivity index (χ2n) is 6.22. The number of furan rings is 1. The van der Waals surface area contributed by atoms with Gasteiger partial charge in [-0.05, 0) is 50.1 Å². The third kappa shape index (κ3) is 3.79. The SMILES string of the molecule is CCN(Cc1ccoc1)C(=O)c1ccc(N2CCC(O)CC2)cc1. The summed E-state index contributed by atoms with van der Waals surface area (Å²) in [4.78, 5) is 16.7. The number of carbonyl (C=O) groups excluding carboxylic acids is 1. The number of nitrogens with zero attached hydrogens (tertiary/aromatic N) is 2. The van der Waals surface area contributed by atoms with Crippen molar-refractivity contribution < 1.29 is 14.3 Å². The molecule has 1 aliphatic rings. The Balaban J connectivity index is 1.66. The summed E-state index contributed by atoms with van der Waals surface area (Å²) in [6.45, 7) is 4.89. The third-order valence-corrected chi connectivity index (χ3v) is 4.57. The first kappa shape index (κ1) is 16.6. The van der Waals surface area contributed by atoms with Crippen LogP contribution in [0.4, 0.5) is 5.69 Å². The normalized spacial score (nSPS) is 15.5. The summed E-state index contributed by atoms with van der Waals surface area (Å²) in [6, 6.07) is 9.65. The molecule has 1 saturated heterocycles. The van der Waals surface area contributed by atoms with Crippen LogP contribution in [0, 0.1) is 0 Å². The van der Waals surface area contributed by atoms with Gasteiger partial charge in [0.1, 0.15) is 0 Å². The largest absolute Gasteiger partial charge is 0.472 e. The van der Waals surface area contributed by atoms with Gasteiger partial charge in [-0.2, -0.15) is 0 Å². The molecule has 0 bridgehead atoms. The van der Waals surface area contributed by atoms with E-state index in [-0.39, 0.29) is 12.0 Å². The van der Waals surface area contributed by atoms with Gasteiger partial charge >= 0.3 is 0 Å². The first-order valence-electron chi connectivity index (χ1n) is 8.51. The van der Waals surface area contributed by atoms with E-state index in [1.54, 1.807) is 17.4 Å². The predicted molar refractivity (Wildman–Crippen MR) is 93.0 cm³/mol. The molecular weight excluding hydrogens is 304 g/mol. The van der Waals surface area contributed by atoms with E-state index in [0.717, 1.165) is 37.2 Å². The standard InChI is InChI=1S/C19H24N2O3/c1-2-20(13-15-9-12-24-14-15)19(23)16-3-5-17(6-4-16)21-10-7-18(22)8-11-21/h3-6,9,12,14,18,22H,2,7-8,10-11,13H2,1H3. The van der Waals surface area contributed by atoms with Crippen LogP contribution in [-0.4, -0.2) is 41.7 Å². The molecular formula is C19H24N2O3. The molecule has 5 heteroatoms. The summed E-state index contributed by atoms with van der Waals surface area (Å²) in [7, 11) is 0. The fourth-order valence-corrected chi connectivity index (χ4v) is 3.05. The van der Waals surface area contributed by atoms with Gasteiger partial charge in [0.05, 0.1) is 18.6 Å². The van der Waals surface area contributed by atoms with Gasteiger partial charge in [0, 0.05) is 43.0 Å². The summed E-state index contributed by atoms with van der Waals surface area (Å²) >= 11 is 0. The van der Waals surface area contributed by atoms with Gasteiger partial charge in [-0.1, -0.05) is 0 Å². The number of amides is 1. The summed E-state index contributed by atoms with van der Waals surface area (Å²) in [6.07, 6.45) is 4.72. The van der Waals surface area contributed by atoms with Crippen LogP contribution in [-0.2, 0) is 6.54 Å². The lowest BCUT2D eigenvalue weighted by atomic mass is 10.1. The minimum Gasteiger partial charge on any atom is -0.472 e. The van der Waals surface area contributed by atoms with Crippen molar-refractivity contribution in [3.8, 4) is 0 Å². The number of aliphatic hydroxyl groups excluding tert-OH is 1. The highest BCUT2D eigenvalue weighted by molar-refractivity contribution is 5.94. The lowest BCUT2D eigenvalue weighted by molar-refractivity contribution is 0.0752. The number of aliphatic hydroxyl groups is 1. The van der Waals surface area contributed by atoms with Crippen molar-refractivity contribution in [2.75, 3.05) is 24.5 Å². The second-order valence-corrected chi connectivity index (χ2v) is 6.22. The quantitative estimate of drug-likeness (QED) is 0.917. The van der Waals surface area contributed by atoms with E-state index in [0.29, 0.717) is 18.7 Å². The molecule has 128 valence electrons. The van der Waals surface area contributed by atoms with Gasteiger partial charge in [-0.25, -0.2) is 0 Å². The maximum Gasteiger partial charge on any atom is 0.254 e. The lowest BCUT2D eigenvalue weighted by Crippen LogP contribution is -2.35. The number of hydrogen-bond acceptors (Lipinski definition) is 4. The third-order valence-electron chi connectivity index (χ3n) is 4.57. The van der Waals surface area contributed by atoms with E-state index in [1.165, 1.54) is 0 Å². The zero-order valence-electron chi connectivity index (χ0n) is 14.0. The van der Waals surface area contributed by atoms with Crippen LogP contribution in [0.25, 0.3) is 0 Å². The number of benzene rings is 1. The number of carbonyl (C=O) groups is 1. The predicted octanol–water partition coefficient (Wildman–Crippen LogP) is 2.90. The maximum absolute atomic E-state index is 12.7. The number of piperidine rings is 1. The molecule has 2 heterocycles. The Labute approximate surface area is 142 Å². The van der Waals surface area contributed by atoms with Gasteiger partial charge < -0.3 is 19.3 Å². The van der Waals surface area contributed by atoms with Crippen LogP contribution in [0.5, 0.6) is 0 Å². The molecule has 1 aliphatic heterocycles. The molecule has 0 atom stereocenters. The van der Waals surface area contributed by atoms with Crippen molar-refractivity contribution >= 4 is 11.6 Å². The fraction of sp³-hybridized carbons (Fsp3) is 0.421. The Morgan fingerprint density at radius 3 is 2.54 bits per heavy atom. The summed E-state index contributed by atoms with van der Waals surface area (Å²) in [5.41, 5.74) is 2.80. The van der Waals surface area contributed by atoms with Crippen molar-refractivity contribution in [3.05, 3.63) is 54.0 Å². The first-order chi connectivity index (χ1) is 11.7. The minimum absolute atomic E-state index is 0.0271. The summed E-state index contributed by atoms with van der Waals surface area (Å²) in [5, 5.41) is 9.60. The zero-order chi connectivity index (χ0) is 16.9. The molecule has 3 rings (SSSR count). The molecule has 1 amide bonds. The molecule has 0 aliphatic carbocycles. The van der Waals surface area contributed by atoms with Crippen molar-refractivity contribution in [2.24, 2.45) is 0 Å². The Hall–Kier alpha value is -2.27. The van der Waals surface area contributed by atoms with Gasteiger partial charge in [0.25, 0.3) is 5.91 Å². The van der Waals surface area contributed by atoms with E-state index < -0.39 is 0 Å². The fourth-order valence-electron chi connectivity index (χ4n) is 3.05. The van der Waals surface area contributed by atoms with E-state index in [9.17, 15) is 9.90 Å². The molecule has 1 N–H and O–H groups in total. The van der Waals surface area contributed by atoms with Crippen LogP contribution in [0.2, 0.25) is 0 Å². The van der Waals surface area contributed by atoms with E-state index in [1.807, 2.05) is 37.3 Å². The average Bonchev–Trinajstić information content (AvgIpc) is 3.13. The van der Waals surface area contributed by atoms with Crippen molar-refractivity contribution in [1.82, 2.24) is 4.90 Å². The van der Waals surface area contributed by atoms with Crippen LogP contribution < -0.4 is 4.90 Å². The lowest BCUT2D eigenvalue weighted by Gasteiger charge is -2.31. The van der Waals surface area contributed by atoms with Crippen LogP contribution in [0.1, 0.15) is 35.7 Å². The molecule has 24 heavy (non-hydrogen) atoms. The molecule has 0 radical (unpaired) electrons. The molecule has 1 aromatic heterocycles. The molecule has 0 unspecified atom stereocenters. The molecule has 2 aromatic rings. The average molecular weight is 328 g/mol. The van der Waals surface area contributed by atoms with Gasteiger partial charge in [0.15, 0.2) is 0 Å². The number of anilines is 1. The Morgan fingerprint density at radius 2 is 1.96 bits per heavy atom. The zero-order valence-corrected chi connectivity index (χ0v) is 14.0. The smallest absolute Gasteiger partial charge is 0.254 e. The number of hydrogen-bond donors (Lipinski definition) is 1. The maximum atomic E-state index is 12.7.